The van der Waals surface area contributed by atoms with Gasteiger partial charge in [-0.3, -0.25) is 19.4 Å². The molecule has 0 aliphatic carbocycles. The Morgan fingerprint density at radius 1 is 1.06 bits per heavy atom. The molecule has 1 rings (SSSR count). The third kappa shape index (κ3) is 10.4. The number of nitrogens with zero attached hydrogens (tertiary/aromatic N) is 1. The number of aliphatic imine (C=N–C) groups is 1. The first-order valence-corrected chi connectivity index (χ1v) is 10.0. The molecule has 0 aromatic heterocycles. The SMILES string of the molecule is CC(NC(=O)CNC(=O)C(N)Cc1ccccc1)C(=O)NC(CCCN=C(N)N)C(=O)O. The van der Waals surface area contributed by atoms with E-state index in [4.69, 9.17) is 17.2 Å². The van der Waals surface area contributed by atoms with E-state index >= 15 is 0 Å². The van der Waals surface area contributed by atoms with Crippen LogP contribution in [0.4, 0.5) is 0 Å². The van der Waals surface area contributed by atoms with Gasteiger partial charge in [-0.15, -0.1) is 0 Å². The smallest absolute Gasteiger partial charge is 0.326 e. The van der Waals surface area contributed by atoms with Crippen molar-refractivity contribution in [2.75, 3.05) is 13.1 Å². The van der Waals surface area contributed by atoms with Crippen LogP contribution in [-0.4, -0.2) is 66.0 Å². The van der Waals surface area contributed by atoms with Gasteiger partial charge in [0.2, 0.25) is 17.7 Å². The van der Waals surface area contributed by atoms with Crippen LogP contribution in [-0.2, 0) is 25.6 Å². The van der Waals surface area contributed by atoms with E-state index in [0.29, 0.717) is 12.8 Å². The minimum Gasteiger partial charge on any atom is -0.480 e. The number of aliphatic carboxylic acids is 1. The Morgan fingerprint density at radius 2 is 1.72 bits per heavy atom. The van der Waals surface area contributed by atoms with Gasteiger partial charge >= 0.3 is 5.97 Å². The number of nitrogens with two attached hydrogens (primary N) is 3. The van der Waals surface area contributed by atoms with Gasteiger partial charge in [0.25, 0.3) is 0 Å². The number of guanidine groups is 1. The van der Waals surface area contributed by atoms with Crippen LogP contribution >= 0.6 is 0 Å². The molecule has 3 atom stereocenters. The van der Waals surface area contributed by atoms with Crippen molar-refractivity contribution >= 4 is 29.7 Å². The van der Waals surface area contributed by atoms with Crippen molar-refractivity contribution in [2.45, 2.75) is 44.3 Å². The zero-order chi connectivity index (χ0) is 24.1. The fourth-order valence-corrected chi connectivity index (χ4v) is 2.67. The average molecular weight is 450 g/mol. The number of amides is 3. The molecule has 32 heavy (non-hydrogen) atoms. The van der Waals surface area contributed by atoms with Crippen molar-refractivity contribution in [3.05, 3.63) is 35.9 Å². The van der Waals surface area contributed by atoms with Gasteiger partial charge in [-0.25, -0.2) is 4.79 Å². The maximum Gasteiger partial charge on any atom is 0.326 e. The first kappa shape index (κ1) is 26.4. The van der Waals surface area contributed by atoms with E-state index in [2.05, 4.69) is 20.9 Å². The van der Waals surface area contributed by atoms with Crippen LogP contribution in [0.5, 0.6) is 0 Å². The molecular formula is C20H31N7O5. The summed E-state index contributed by atoms with van der Waals surface area (Å²) in [7, 11) is 0. The maximum atomic E-state index is 12.2. The Bertz CT molecular complexity index is 812. The zero-order valence-electron chi connectivity index (χ0n) is 17.9. The number of hydrogen-bond acceptors (Lipinski definition) is 6. The molecule has 0 heterocycles. The van der Waals surface area contributed by atoms with Crippen molar-refractivity contribution in [1.82, 2.24) is 16.0 Å². The Kier molecular flexibility index (Phi) is 11.2. The molecule has 0 bridgehead atoms. The molecule has 1 aromatic rings. The normalized spacial score (nSPS) is 13.2. The zero-order valence-corrected chi connectivity index (χ0v) is 17.9. The molecule has 0 spiro atoms. The fourth-order valence-electron chi connectivity index (χ4n) is 2.67. The van der Waals surface area contributed by atoms with Crippen LogP contribution in [0.3, 0.4) is 0 Å². The summed E-state index contributed by atoms with van der Waals surface area (Å²) in [6.45, 7) is 1.24. The van der Waals surface area contributed by atoms with E-state index in [9.17, 15) is 24.3 Å². The average Bonchev–Trinajstić information content (AvgIpc) is 2.74. The van der Waals surface area contributed by atoms with Gasteiger partial charge in [-0.1, -0.05) is 30.3 Å². The summed E-state index contributed by atoms with van der Waals surface area (Å²) in [6, 6.07) is 6.18. The van der Waals surface area contributed by atoms with Crippen LogP contribution in [0.25, 0.3) is 0 Å². The maximum absolute atomic E-state index is 12.2. The lowest BCUT2D eigenvalue weighted by Gasteiger charge is -2.19. The topological polar surface area (TPSA) is 215 Å². The minimum atomic E-state index is -1.22. The molecule has 1 aromatic carbocycles. The molecule has 0 saturated heterocycles. The second-order valence-corrected chi connectivity index (χ2v) is 7.15. The second kappa shape index (κ2) is 13.6. The van der Waals surface area contributed by atoms with Crippen molar-refractivity contribution in [3.63, 3.8) is 0 Å². The Labute approximate surface area is 186 Å². The predicted octanol–water partition coefficient (Wildman–Crippen LogP) is -2.20. The lowest BCUT2D eigenvalue weighted by atomic mass is 10.1. The van der Waals surface area contributed by atoms with Crippen LogP contribution in [0.15, 0.2) is 35.3 Å². The summed E-state index contributed by atoms with van der Waals surface area (Å²) >= 11 is 0. The van der Waals surface area contributed by atoms with E-state index in [1.165, 1.54) is 6.92 Å². The predicted molar refractivity (Wildman–Crippen MR) is 118 cm³/mol. The standard InChI is InChI=1S/C20H31N7O5/c1-12(17(29)27-15(19(31)32)8-5-9-24-20(22)23)26-16(28)11-25-18(30)14(21)10-13-6-3-2-4-7-13/h2-4,6-7,12,14-15H,5,8-11,21H2,1H3,(H,25,30)(H,26,28)(H,27,29)(H,31,32)(H4,22,23,24). The van der Waals surface area contributed by atoms with Gasteiger partial charge < -0.3 is 38.3 Å². The highest BCUT2D eigenvalue weighted by Gasteiger charge is 2.24. The lowest BCUT2D eigenvalue weighted by molar-refractivity contribution is -0.142. The van der Waals surface area contributed by atoms with Gasteiger partial charge in [0.15, 0.2) is 5.96 Å². The second-order valence-electron chi connectivity index (χ2n) is 7.15. The van der Waals surface area contributed by atoms with Gasteiger partial charge in [-0.2, -0.15) is 0 Å². The van der Waals surface area contributed by atoms with Crippen molar-refractivity contribution in [3.8, 4) is 0 Å². The van der Waals surface area contributed by atoms with Crippen LogP contribution < -0.4 is 33.2 Å². The summed E-state index contributed by atoms with van der Waals surface area (Å²) in [6.07, 6.45) is 0.756. The monoisotopic (exact) mass is 449 g/mol. The van der Waals surface area contributed by atoms with E-state index in [1.54, 1.807) is 0 Å². The van der Waals surface area contributed by atoms with Crippen molar-refractivity contribution in [1.29, 1.82) is 0 Å². The molecule has 176 valence electrons. The molecule has 0 aliphatic heterocycles. The highest BCUT2D eigenvalue weighted by atomic mass is 16.4. The van der Waals surface area contributed by atoms with E-state index < -0.39 is 41.8 Å². The quantitative estimate of drug-likeness (QED) is 0.0993. The van der Waals surface area contributed by atoms with Crippen LogP contribution in [0, 0.1) is 0 Å². The highest BCUT2D eigenvalue weighted by molar-refractivity contribution is 5.92. The molecule has 3 amide bonds. The fraction of sp³-hybridized carbons (Fsp3) is 0.450. The van der Waals surface area contributed by atoms with E-state index in [0.717, 1.165) is 5.56 Å². The largest absolute Gasteiger partial charge is 0.480 e. The molecular weight excluding hydrogens is 418 g/mol. The third-order valence-corrected chi connectivity index (χ3v) is 4.39. The van der Waals surface area contributed by atoms with Gasteiger partial charge in [0.05, 0.1) is 12.6 Å². The minimum absolute atomic E-state index is 0.105. The number of carboxylic acid groups (broad SMARTS) is 1. The van der Waals surface area contributed by atoms with Crippen molar-refractivity contribution < 1.29 is 24.3 Å². The lowest BCUT2D eigenvalue weighted by Crippen LogP contribution is -2.52. The summed E-state index contributed by atoms with van der Waals surface area (Å²) in [5.74, 6) is -3.13. The van der Waals surface area contributed by atoms with E-state index in [1.807, 2.05) is 30.3 Å². The Hall–Kier alpha value is -3.67. The van der Waals surface area contributed by atoms with Gasteiger partial charge in [0.1, 0.15) is 12.1 Å². The molecule has 0 aliphatic rings. The molecule has 0 fully saturated rings. The first-order chi connectivity index (χ1) is 15.1. The number of carboxylic acids is 1. The van der Waals surface area contributed by atoms with Crippen molar-refractivity contribution in [2.24, 2.45) is 22.2 Å². The summed E-state index contributed by atoms with van der Waals surface area (Å²) < 4.78 is 0. The number of hydrogen-bond donors (Lipinski definition) is 7. The number of nitrogens with one attached hydrogen (secondary N) is 3. The summed E-state index contributed by atoms with van der Waals surface area (Å²) in [4.78, 5) is 51.4. The molecule has 0 radical (unpaired) electrons. The molecule has 0 saturated carbocycles. The summed E-state index contributed by atoms with van der Waals surface area (Å²) in [5.41, 5.74) is 17.1. The third-order valence-electron chi connectivity index (χ3n) is 4.39. The molecule has 3 unspecified atom stereocenters. The van der Waals surface area contributed by atoms with E-state index in [-0.39, 0.29) is 25.5 Å². The molecule has 12 heteroatoms. The van der Waals surface area contributed by atoms with Crippen LogP contribution in [0.1, 0.15) is 25.3 Å². The Balaban J connectivity index is 2.42. The highest BCUT2D eigenvalue weighted by Crippen LogP contribution is 2.02. The van der Waals surface area contributed by atoms with Crippen LogP contribution in [0.2, 0.25) is 0 Å². The number of benzene rings is 1. The van der Waals surface area contributed by atoms with Gasteiger partial charge in [-0.05, 0) is 31.7 Å². The number of rotatable bonds is 13. The Morgan fingerprint density at radius 3 is 2.31 bits per heavy atom. The molecule has 10 N–H and O–H groups in total. The summed E-state index contributed by atoms with van der Waals surface area (Å²) in [5, 5.41) is 16.4. The molecule has 12 nitrogen and oxygen atoms in total. The number of carbonyl (C=O) groups excluding carboxylic acids is 3. The first-order valence-electron chi connectivity index (χ1n) is 10.0. The number of carbonyl (C=O) groups is 4. The van der Waals surface area contributed by atoms with Gasteiger partial charge in [0, 0.05) is 6.54 Å².